The molecule has 0 aliphatic rings. The molecule has 0 bridgehead atoms. The van der Waals surface area contributed by atoms with Gasteiger partial charge >= 0.3 is 0 Å². The zero-order chi connectivity index (χ0) is 15.5. The zero-order valence-corrected chi connectivity index (χ0v) is 14.2. The Labute approximate surface area is 138 Å². The number of benzene rings is 2. The van der Waals surface area contributed by atoms with Gasteiger partial charge in [0.2, 0.25) is 10.0 Å². The van der Waals surface area contributed by atoms with Crippen LogP contribution in [-0.4, -0.2) is 20.5 Å². The molecule has 22 heavy (non-hydrogen) atoms. The Bertz CT molecular complexity index is 716. The summed E-state index contributed by atoms with van der Waals surface area (Å²) in [5, 5.41) is 0. The van der Waals surface area contributed by atoms with E-state index < -0.39 is 15.6 Å². The maximum Gasteiger partial charge on any atom is 0.241 e. The van der Waals surface area contributed by atoms with Crippen LogP contribution in [0.2, 0.25) is 0 Å². The molecule has 4 nitrogen and oxygen atoms in total. The summed E-state index contributed by atoms with van der Waals surface area (Å²) in [7, 11) is -3.59. The lowest BCUT2D eigenvalue weighted by Gasteiger charge is -2.24. The van der Waals surface area contributed by atoms with E-state index in [1.807, 2.05) is 36.4 Å². The van der Waals surface area contributed by atoms with Crippen molar-refractivity contribution in [2.24, 2.45) is 5.73 Å². The molecule has 3 N–H and O–H groups in total. The lowest BCUT2D eigenvalue weighted by atomic mass is 10.1. The predicted octanol–water partition coefficient (Wildman–Crippen LogP) is 2.79. The van der Waals surface area contributed by atoms with E-state index in [0.717, 1.165) is 11.1 Å². The largest absolute Gasteiger partial charge is 0.329 e. The summed E-state index contributed by atoms with van der Waals surface area (Å²) in [4.78, 5) is 0.241. The molecule has 0 heterocycles. The van der Waals surface area contributed by atoms with Gasteiger partial charge in [-0.1, -0.05) is 42.5 Å². The van der Waals surface area contributed by atoms with Crippen LogP contribution in [0.3, 0.4) is 0 Å². The molecule has 0 aliphatic carbocycles. The molecule has 0 radical (unpaired) electrons. The number of sulfonamides is 1. The Morgan fingerprint density at radius 1 is 1.00 bits per heavy atom. The third kappa shape index (κ3) is 4.55. The van der Waals surface area contributed by atoms with Crippen LogP contribution in [0.5, 0.6) is 0 Å². The van der Waals surface area contributed by atoms with E-state index in [2.05, 4.69) is 4.72 Å². The minimum atomic E-state index is -3.59. The highest BCUT2D eigenvalue weighted by Crippen LogP contribution is 2.22. The Hall–Kier alpha value is -1.40. The quantitative estimate of drug-likeness (QED) is 0.879. The Balaban J connectivity index is 0.00000242. The molecule has 0 spiro atoms. The standard InChI is InChI=1S/C16H20N2O2S.ClH/c1-16(2,12-17)18-21(19,20)15-10-6-9-14(11-15)13-7-4-3-5-8-13;/h3-11,18H,12,17H2,1-2H3;1H. The molecule has 2 rings (SSSR count). The predicted molar refractivity (Wildman–Crippen MR) is 92.6 cm³/mol. The molecular formula is C16H21ClN2O2S. The van der Waals surface area contributed by atoms with E-state index >= 15 is 0 Å². The monoisotopic (exact) mass is 340 g/mol. The van der Waals surface area contributed by atoms with Crippen molar-refractivity contribution in [1.82, 2.24) is 4.72 Å². The van der Waals surface area contributed by atoms with Gasteiger partial charge in [0.05, 0.1) is 4.90 Å². The molecule has 0 amide bonds. The molecule has 2 aromatic rings. The number of nitrogens with two attached hydrogens (primary N) is 1. The van der Waals surface area contributed by atoms with Gasteiger partial charge in [-0.3, -0.25) is 0 Å². The molecule has 0 fully saturated rings. The van der Waals surface area contributed by atoms with Crippen LogP contribution in [-0.2, 0) is 10.0 Å². The molecule has 0 unspecified atom stereocenters. The summed E-state index contributed by atoms with van der Waals surface area (Å²) in [5.41, 5.74) is 6.75. The number of halogens is 1. The molecule has 0 saturated heterocycles. The molecule has 0 saturated carbocycles. The first-order valence-corrected chi connectivity index (χ1v) is 8.22. The number of hydrogen-bond acceptors (Lipinski definition) is 3. The van der Waals surface area contributed by atoms with Crippen molar-refractivity contribution in [2.75, 3.05) is 6.54 Å². The van der Waals surface area contributed by atoms with Gasteiger partial charge in [0, 0.05) is 12.1 Å². The third-order valence-electron chi connectivity index (χ3n) is 3.17. The fourth-order valence-electron chi connectivity index (χ4n) is 1.94. The van der Waals surface area contributed by atoms with Crippen molar-refractivity contribution in [2.45, 2.75) is 24.3 Å². The topological polar surface area (TPSA) is 72.2 Å². The second-order valence-corrected chi connectivity index (χ2v) is 7.27. The number of nitrogens with one attached hydrogen (secondary N) is 1. The second kappa shape index (κ2) is 7.24. The minimum absolute atomic E-state index is 0. The first-order chi connectivity index (χ1) is 9.84. The van der Waals surface area contributed by atoms with Crippen LogP contribution < -0.4 is 10.5 Å². The first-order valence-electron chi connectivity index (χ1n) is 6.74. The van der Waals surface area contributed by atoms with Crippen LogP contribution in [0.15, 0.2) is 59.5 Å². The second-order valence-electron chi connectivity index (χ2n) is 5.59. The minimum Gasteiger partial charge on any atom is -0.329 e. The SMILES string of the molecule is CC(C)(CN)NS(=O)(=O)c1cccc(-c2ccccc2)c1.Cl. The van der Waals surface area contributed by atoms with Gasteiger partial charge in [-0.05, 0) is 37.1 Å². The van der Waals surface area contributed by atoms with Gasteiger partial charge in [-0.2, -0.15) is 0 Å². The molecule has 0 atom stereocenters. The fraction of sp³-hybridized carbons (Fsp3) is 0.250. The molecule has 0 aliphatic heterocycles. The maximum absolute atomic E-state index is 12.4. The molecule has 0 aromatic heterocycles. The summed E-state index contributed by atoms with van der Waals surface area (Å²) < 4.78 is 27.5. The Morgan fingerprint density at radius 3 is 2.18 bits per heavy atom. The summed E-state index contributed by atoms with van der Waals surface area (Å²) in [6.07, 6.45) is 0. The van der Waals surface area contributed by atoms with Crippen LogP contribution in [0.1, 0.15) is 13.8 Å². The lowest BCUT2D eigenvalue weighted by molar-refractivity contribution is 0.462. The lowest BCUT2D eigenvalue weighted by Crippen LogP contribution is -2.48. The van der Waals surface area contributed by atoms with Gasteiger partial charge in [-0.25, -0.2) is 13.1 Å². The van der Waals surface area contributed by atoms with E-state index in [1.54, 1.807) is 32.0 Å². The van der Waals surface area contributed by atoms with Crippen LogP contribution in [0, 0.1) is 0 Å². The van der Waals surface area contributed by atoms with E-state index in [4.69, 9.17) is 5.73 Å². The van der Waals surface area contributed by atoms with Crippen molar-refractivity contribution in [3.63, 3.8) is 0 Å². The Morgan fingerprint density at radius 2 is 1.59 bits per heavy atom. The van der Waals surface area contributed by atoms with Crippen molar-refractivity contribution >= 4 is 22.4 Å². The fourth-order valence-corrected chi connectivity index (χ4v) is 3.41. The third-order valence-corrected chi connectivity index (χ3v) is 4.87. The van der Waals surface area contributed by atoms with Crippen molar-refractivity contribution < 1.29 is 8.42 Å². The summed E-state index contributed by atoms with van der Waals surface area (Å²) in [5.74, 6) is 0. The smallest absolute Gasteiger partial charge is 0.241 e. The van der Waals surface area contributed by atoms with E-state index in [9.17, 15) is 8.42 Å². The van der Waals surface area contributed by atoms with Gasteiger partial charge < -0.3 is 5.73 Å². The van der Waals surface area contributed by atoms with Crippen LogP contribution >= 0.6 is 12.4 Å². The Kier molecular flexibility index (Phi) is 6.14. The van der Waals surface area contributed by atoms with Crippen molar-refractivity contribution in [1.29, 1.82) is 0 Å². The normalized spacial score (nSPS) is 11.8. The summed E-state index contributed by atoms with van der Waals surface area (Å²) >= 11 is 0. The highest BCUT2D eigenvalue weighted by atomic mass is 35.5. The van der Waals surface area contributed by atoms with E-state index in [-0.39, 0.29) is 23.8 Å². The van der Waals surface area contributed by atoms with Gasteiger partial charge in [0.25, 0.3) is 0 Å². The average Bonchev–Trinajstić information content (AvgIpc) is 2.47. The highest BCUT2D eigenvalue weighted by molar-refractivity contribution is 7.89. The van der Waals surface area contributed by atoms with Gasteiger partial charge in [-0.15, -0.1) is 12.4 Å². The van der Waals surface area contributed by atoms with E-state index in [0.29, 0.717) is 0 Å². The van der Waals surface area contributed by atoms with Crippen molar-refractivity contribution in [3.05, 3.63) is 54.6 Å². The van der Waals surface area contributed by atoms with Crippen LogP contribution in [0.4, 0.5) is 0 Å². The molecule has 120 valence electrons. The van der Waals surface area contributed by atoms with Gasteiger partial charge in [0.1, 0.15) is 0 Å². The maximum atomic E-state index is 12.4. The summed E-state index contributed by atoms with van der Waals surface area (Å²) in [6, 6.07) is 16.6. The average molecular weight is 341 g/mol. The van der Waals surface area contributed by atoms with E-state index in [1.165, 1.54) is 0 Å². The zero-order valence-electron chi connectivity index (χ0n) is 12.6. The highest BCUT2D eigenvalue weighted by Gasteiger charge is 2.24. The molecule has 2 aromatic carbocycles. The van der Waals surface area contributed by atoms with Gasteiger partial charge in [0.15, 0.2) is 0 Å². The number of rotatable bonds is 5. The molecular weight excluding hydrogens is 320 g/mol. The van der Waals surface area contributed by atoms with Crippen molar-refractivity contribution in [3.8, 4) is 11.1 Å². The molecule has 6 heteroatoms. The first kappa shape index (κ1) is 18.6. The van der Waals surface area contributed by atoms with Crippen LogP contribution in [0.25, 0.3) is 11.1 Å². The number of hydrogen-bond donors (Lipinski definition) is 2. The summed E-state index contributed by atoms with van der Waals surface area (Å²) in [6.45, 7) is 3.74.